The van der Waals surface area contributed by atoms with Gasteiger partial charge >= 0.3 is 5.97 Å². The van der Waals surface area contributed by atoms with Crippen molar-refractivity contribution in [2.75, 3.05) is 26.9 Å². The van der Waals surface area contributed by atoms with Crippen LogP contribution in [0.3, 0.4) is 0 Å². The minimum atomic E-state index is -0.435. The Balaban J connectivity index is 2.37. The summed E-state index contributed by atoms with van der Waals surface area (Å²) in [7, 11) is 1.40. The average molecular weight is 279 g/mol. The fourth-order valence-electron chi connectivity index (χ4n) is 1.80. The van der Waals surface area contributed by atoms with Gasteiger partial charge in [-0.15, -0.1) is 0 Å². The van der Waals surface area contributed by atoms with Crippen molar-refractivity contribution in [3.63, 3.8) is 0 Å². The predicted octanol–water partition coefficient (Wildman–Crippen LogP) is 2.55. The molecule has 112 valence electrons. The van der Waals surface area contributed by atoms with Crippen LogP contribution in [-0.2, 0) is 14.3 Å². The summed E-state index contributed by atoms with van der Waals surface area (Å²) in [6.45, 7) is 6.31. The van der Waals surface area contributed by atoms with E-state index >= 15 is 0 Å². The Labute approximate surface area is 121 Å². The Bertz CT molecular complexity index is 379. The molecule has 0 radical (unpaired) electrons. The zero-order valence-corrected chi connectivity index (χ0v) is 12.6. The smallest absolute Gasteiger partial charge is 0.327 e. The largest absolute Gasteiger partial charge is 0.468 e. The second-order valence-electron chi connectivity index (χ2n) is 5.12. The van der Waals surface area contributed by atoms with E-state index in [4.69, 9.17) is 9.47 Å². The number of benzene rings is 1. The fraction of sp³-hybridized carbons (Fsp3) is 0.562. The Kier molecular flexibility index (Phi) is 7.92. The highest BCUT2D eigenvalue weighted by Gasteiger charge is 2.19. The molecule has 1 atom stereocenters. The van der Waals surface area contributed by atoms with E-state index in [1.54, 1.807) is 0 Å². The lowest BCUT2D eigenvalue weighted by atomic mass is 10.1. The van der Waals surface area contributed by atoms with E-state index in [0.29, 0.717) is 19.1 Å². The maximum Gasteiger partial charge on any atom is 0.327 e. The van der Waals surface area contributed by atoms with Gasteiger partial charge in [-0.1, -0.05) is 44.2 Å². The third-order valence-electron chi connectivity index (χ3n) is 3.00. The van der Waals surface area contributed by atoms with Gasteiger partial charge in [0.15, 0.2) is 0 Å². The Hall–Kier alpha value is -1.39. The van der Waals surface area contributed by atoms with Crippen molar-refractivity contribution in [2.24, 2.45) is 5.92 Å². The van der Waals surface area contributed by atoms with Gasteiger partial charge in [0.25, 0.3) is 0 Å². The van der Waals surface area contributed by atoms with Crippen LogP contribution in [0.5, 0.6) is 0 Å². The monoisotopic (exact) mass is 279 g/mol. The highest BCUT2D eigenvalue weighted by atomic mass is 16.5. The highest BCUT2D eigenvalue weighted by Crippen LogP contribution is 2.13. The molecule has 1 aromatic carbocycles. The normalized spacial score (nSPS) is 12.4. The van der Waals surface area contributed by atoms with Crippen LogP contribution in [0, 0.1) is 5.92 Å². The van der Waals surface area contributed by atoms with Gasteiger partial charge in [-0.2, -0.15) is 0 Å². The van der Waals surface area contributed by atoms with Crippen molar-refractivity contribution in [1.82, 2.24) is 5.32 Å². The van der Waals surface area contributed by atoms with Gasteiger partial charge in [0.2, 0.25) is 0 Å². The van der Waals surface area contributed by atoms with Crippen molar-refractivity contribution in [3.8, 4) is 0 Å². The van der Waals surface area contributed by atoms with E-state index in [-0.39, 0.29) is 5.97 Å². The zero-order chi connectivity index (χ0) is 14.8. The predicted molar refractivity (Wildman–Crippen MR) is 79.5 cm³/mol. The lowest BCUT2D eigenvalue weighted by Gasteiger charge is -2.17. The topological polar surface area (TPSA) is 47.6 Å². The Morgan fingerprint density at radius 3 is 2.50 bits per heavy atom. The van der Waals surface area contributed by atoms with Gasteiger partial charge in [-0.05, 0) is 17.9 Å². The standard InChI is InChI=1S/C16H25NO3/c1-13(2)9-11-20-12-10-17-15(16(18)19-3)14-7-5-4-6-8-14/h4-8,13,15,17H,9-12H2,1-3H3. The maximum atomic E-state index is 11.8. The molecule has 0 bridgehead atoms. The molecular formula is C16H25NO3. The molecule has 1 aromatic rings. The van der Waals surface area contributed by atoms with Gasteiger partial charge in [0, 0.05) is 13.2 Å². The third-order valence-corrected chi connectivity index (χ3v) is 3.00. The Morgan fingerprint density at radius 2 is 1.90 bits per heavy atom. The van der Waals surface area contributed by atoms with Crippen LogP contribution in [0.1, 0.15) is 31.9 Å². The Morgan fingerprint density at radius 1 is 1.20 bits per heavy atom. The summed E-state index contributed by atoms with van der Waals surface area (Å²) in [5, 5.41) is 3.18. The van der Waals surface area contributed by atoms with E-state index in [0.717, 1.165) is 18.6 Å². The third kappa shape index (κ3) is 6.17. The van der Waals surface area contributed by atoms with Gasteiger partial charge < -0.3 is 9.47 Å². The number of rotatable bonds is 9. The quantitative estimate of drug-likeness (QED) is 0.557. The minimum absolute atomic E-state index is 0.279. The molecule has 0 aliphatic carbocycles. The molecule has 20 heavy (non-hydrogen) atoms. The molecule has 4 nitrogen and oxygen atoms in total. The molecular weight excluding hydrogens is 254 g/mol. The summed E-state index contributed by atoms with van der Waals surface area (Å²) in [5.74, 6) is 0.369. The van der Waals surface area contributed by atoms with Crippen LogP contribution in [0.2, 0.25) is 0 Å². The molecule has 4 heteroatoms. The minimum Gasteiger partial charge on any atom is -0.468 e. The molecule has 1 rings (SSSR count). The summed E-state index contributed by atoms with van der Waals surface area (Å²) in [5.41, 5.74) is 0.904. The first-order chi connectivity index (χ1) is 9.65. The molecule has 1 unspecified atom stereocenters. The number of methoxy groups -OCH3 is 1. The number of carbonyl (C=O) groups excluding carboxylic acids is 1. The van der Waals surface area contributed by atoms with Gasteiger partial charge in [0.1, 0.15) is 6.04 Å². The zero-order valence-electron chi connectivity index (χ0n) is 12.6. The summed E-state index contributed by atoms with van der Waals surface area (Å²) in [6.07, 6.45) is 1.05. The van der Waals surface area contributed by atoms with Crippen LogP contribution in [0.25, 0.3) is 0 Å². The summed E-state index contributed by atoms with van der Waals surface area (Å²) in [6, 6.07) is 9.13. The number of esters is 1. The second-order valence-corrected chi connectivity index (χ2v) is 5.12. The molecule has 0 heterocycles. The van der Waals surface area contributed by atoms with Crippen molar-refractivity contribution >= 4 is 5.97 Å². The summed E-state index contributed by atoms with van der Waals surface area (Å²) >= 11 is 0. The van der Waals surface area contributed by atoms with Crippen molar-refractivity contribution < 1.29 is 14.3 Å². The maximum absolute atomic E-state index is 11.8. The van der Waals surface area contributed by atoms with E-state index in [2.05, 4.69) is 19.2 Å². The molecule has 0 aliphatic heterocycles. The number of nitrogens with one attached hydrogen (secondary N) is 1. The van der Waals surface area contributed by atoms with Crippen molar-refractivity contribution in [2.45, 2.75) is 26.3 Å². The molecule has 0 spiro atoms. The SMILES string of the molecule is COC(=O)C(NCCOCCC(C)C)c1ccccc1. The molecule has 0 amide bonds. The first-order valence-corrected chi connectivity index (χ1v) is 7.09. The van der Waals surface area contributed by atoms with Gasteiger partial charge in [-0.3, -0.25) is 5.32 Å². The average Bonchev–Trinajstić information content (AvgIpc) is 2.46. The highest BCUT2D eigenvalue weighted by molar-refractivity contribution is 5.77. The van der Waals surface area contributed by atoms with Crippen LogP contribution >= 0.6 is 0 Å². The van der Waals surface area contributed by atoms with E-state index < -0.39 is 6.04 Å². The van der Waals surface area contributed by atoms with E-state index in [9.17, 15) is 4.79 Å². The van der Waals surface area contributed by atoms with Gasteiger partial charge in [0.05, 0.1) is 13.7 Å². The number of hydrogen-bond donors (Lipinski definition) is 1. The van der Waals surface area contributed by atoms with Crippen LogP contribution in [-0.4, -0.2) is 32.8 Å². The molecule has 0 saturated heterocycles. The lowest BCUT2D eigenvalue weighted by molar-refractivity contribution is -0.143. The summed E-state index contributed by atoms with van der Waals surface area (Å²) < 4.78 is 10.4. The van der Waals surface area contributed by atoms with Gasteiger partial charge in [-0.25, -0.2) is 4.79 Å². The number of carbonyl (C=O) groups is 1. The van der Waals surface area contributed by atoms with E-state index in [1.807, 2.05) is 30.3 Å². The fourth-order valence-corrected chi connectivity index (χ4v) is 1.80. The lowest BCUT2D eigenvalue weighted by Crippen LogP contribution is -2.32. The van der Waals surface area contributed by atoms with Crippen LogP contribution in [0.15, 0.2) is 30.3 Å². The number of ether oxygens (including phenoxy) is 2. The van der Waals surface area contributed by atoms with Crippen molar-refractivity contribution in [1.29, 1.82) is 0 Å². The summed E-state index contributed by atoms with van der Waals surface area (Å²) in [4.78, 5) is 11.8. The molecule has 0 aliphatic rings. The molecule has 0 fully saturated rings. The van der Waals surface area contributed by atoms with Crippen LogP contribution in [0.4, 0.5) is 0 Å². The van der Waals surface area contributed by atoms with E-state index in [1.165, 1.54) is 7.11 Å². The molecule has 0 saturated carbocycles. The number of hydrogen-bond acceptors (Lipinski definition) is 4. The van der Waals surface area contributed by atoms with Crippen molar-refractivity contribution in [3.05, 3.63) is 35.9 Å². The second kappa shape index (κ2) is 9.50. The molecule has 1 N–H and O–H groups in total. The first kappa shape index (κ1) is 16.7. The first-order valence-electron chi connectivity index (χ1n) is 7.09. The van der Waals surface area contributed by atoms with Crippen LogP contribution < -0.4 is 5.32 Å². The molecule has 0 aromatic heterocycles.